The van der Waals surface area contributed by atoms with E-state index >= 15 is 0 Å². The van der Waals surface area contributed by atoms with Crippen LogP contribution in [0.2, 0.25) is 0 Å². The average molecular weight is 221 g/mol. The van der Waals surface area contributed by atoms with Crippen LogP contribution >= 0.6 is 0 Å². The van der Waals surface area contributed by atoms with Gasteiger partial charge in [0.05, 0.1) is 0 Å². The number of nitrogens with one attached hydrogen (secondary N) is 2. The number of hydrogen-bond donors (Lipinski definition) is 4. The maximum Gasteiger partial charge on any atom is 0.322 e. The maximum absolute atomic E-state index is 11.3. The third-order valence-electron chi connectivity index (χ3n) is 2.40. The van der Waals surface area contributed by atoms with Gasteiger partial charge in [-0.05, 0) is 17.7 Å². The molecule has 0 saturated carbocycles. The lowest BCUT2D eigenvalue weighted by Gasteiger charge is -2.15. The maximum atomic E-state index is 11.3. The fourth-order valence-electron chi connectivity index (χ4n) is 1.54. The SMILES string of the molecule is Nc1ccc(C(O)C2NC(=O)NC2=O)cc1. The Labute approximate surface area is 91.4 Å². The number of nitrogens with two attached hydrogens (primary N) is 1. The lowest BCUT2D eigenvalue weighted by Crippen LogP contribution is -2.35. The van der Waals surface area contributed by atoms with Gasteiger partial charge in [0.15, 0.2) is 0 Å². The van der Waals surface area contributed by atoms with Gasteiger partial charge in [-0.25, -0.2) is 4.79 Å². The first-order valence-corrected chi connectivity index (χ1v) is 4.73. The number of aliphatic hydroxyl groups is 1. The van der Waals surface area contributed by atoms with Crippen molar-refractivity contribution in [1.29, 1.82) is 0 Å². The largest absolute Gasteiger partial charge is 0.399 e. The van der Waals surface area contributed by atoms with Gasteiger partial charge >= 0.3 is 6.03 Å². The molecule has 0 bridgehead atoms. The van der Waals surface area contributed by atoms with Crippen LogP contribution < -0.4 is 16.4 Å². The molecule has 1 aliphatic rings. The van der Waals surface area contributed by atoms with E-state index in [4.69, 9.17) is 5.73 Å². The molecule has 2 rings (SSSR count). The first-order chi connectivity index (χ1) is 7.58. The summed E-state index contributed by atoms with van der Waals surface area (Å²) in [5.74, 6) is -0.533. The van der Waals surface area contributed by atoms with Gasteiger partial charge < -0.3 is 16.2 Å². The number of carbonyl (C=O) groups excluding carboxylic acids is 2. The zero-order valence-electron chi connectivity index (χ0n) is 8.31. The van der Waals surface area contributed by atoms with E-state index in [0.29, 0.717) is 11.3 Å². The second kappa shape index (κ2) is 3.82. The highest BCUT2D eigenvalue weighted by atomic mass is 16.3. The van der Waals surface area contributed by atoms with Crippen LogP contribution in [0, 0.1) is 0 Å². The van der Waals surface area contributed by atoms with Crippen molar-refractivity contribution in [3.63, 3.8) is 0 Å². The summed E-state index contributed by atoms with van der Waals surface area (Å²) < 4.78 is 0. The van der Waals surface area contributed by atoms with Gasteiger partial charge in [0.25, 0.3) is 5.91 Å². The summed E-state index contributed by atoms with van der Waals surface area (Å²) in [6.45, 7) is 0. The van der Waals surface area contributed by atoms with Gasteiger partial charge in [-0.2, -0.15) is 0 Å². The number of rotatable bonds is 2. The first kappa shape index (κ1) is 10.4. The van der Waals surface area contributed by atoms with Crippen LogP contribution in [0.1, 0.15) is 11.7 Å². The second-order valence-electron chi connectivity index (χ2n) is 3.55. The molecule has 0 spiro atoms. The second-order valence-corrected chi connectivity index (χ2v) is 3.55. The topological polar surface area (TPSA) is 104 Å². The van der Waals surface area contributed by atoms with Gasteiger partial charge in [-0.3, -0.25) is 10.1 Å². The zero-order chi connectivity index (χ0) is 11.7. The Kier molecular flexibility index (Phi) is 2.49. The number of anilines is 1. The molecule has 2 unspecified atom stereocenters. The molecule has 1 aromatic rings. The van der Waals surface area contributed by atoms with Crippen LogP contribution in [0.5, 0.6) is 0 Å². The van der Waals surface area contributed by atoms with Crippen LogP contribution in [0.15, 0.2) is 24.3 Å². The van der Waals surface area contributed by atoms with Crippen LogP contribution in [0.4, 0.5) is 10.5 Å². The number of imide groups is 1. The van der Waals surface area contributed by atoms with Gasteiger partial charge in [-0.15, -0.1) is 0 Å². The van der Waals surface area contributed by atoms with Crippen LogP contribution in [-0.2, 0) is 4.79 Å². The van der Waals surface area contributed by atoms with Gasteiger partial charge in [0, 0.05) is 5.69 Å². The Hall–Kier alpha value is -2.08. The molecule has 6 nitrogen and oxygen atoms in total. The van der Waals surface area contributed by atoms with Crippen molar-refractivity contribution in [3.05, 3.63) is 29.8 Å². The summed E-state index contributed by atoms with van der Waals surface area (Å²) in [5, 5.41) is 14.3. The predicted octanol–water partition coefficient (Wildman–Crippen LogP) is -0.490. The first-order valence-electron chi connectivity index (χ1n) is 4.73. The zero-order valence-corrected chi connectivity index (χ0v) is 8.31. The van der Waals surface area contributed by atoms with E-state index in [1.165, 1.54) is 0 Å². The Morgan fingerprint density at radius 2 is 1.88 bits per heavy atom. The van der Waals surface area contributed by atoms with Crippen molar-refractivity contribution in [2.24, 2.45) is 0 Å². The minimum atomic E-state index is -1.08. The molecule has 0 aliphatic carbocycles. The third-order valence-corrected chi connectivity index (χ3v) is 2.40. The van der Waals surface area contributed by atoms with Crippen molar-refractivity contribution in [2.75, 3.05) is 5.73 Å². The lowest BCUT2D eigenvalue weighted by molar-refractivity contribution is -0.122. The number of hydrogen-bond acceptors (Lipinski definition) is 4. The standard InChI is InChI=1S/C10H11N3O3/c11-6-3-1-5(2-4-6)8(14)7-9(15)13-10(16)12-7/h1-4,7-8,14H,11H2,(H2,12,13,15,16). The summed E-state index contributed by atoms with van der Waals surface area (Å²) in [4.78, 5) is 22.2. The predicted molar refractivity (Wildman–Crippen MR) is 56.3 cm³/mol. The smallest absolute Gasteiger partial charge is 0.322 e. The summed E-state index contributed by atoms with van der Waals surface area (Å²) >= 11 is 0. The molecule has 3 amide bonds. The van der Waals surface area contributed by atoms with E-state index in [1.807, 2.05) is 0 Å². The lowest BCUT2D eigenvalue weighted by atomic mass is 10.0. The highest BCUT2D eigenvalue weighted by Gasteiger charge is 2.35. The van der Waals surface area contributed by atoms with E-state index in [1.54, 1.807) is 24.3 Å². The Bertz CT molecular complexity index is 429. The van der Waals surface area contributed by atoms with Crippen LogP contribution in [0.25, 0.3) is 0 Å². The summed E-state index contributed by atoms with van der Waals surface area (Å²) in [7, 11) is 0. The van der Waals surface area contributed by atoms with Crippen molar-refractivity contribution >= 4 is 17.6 Å². The highest BCUT2D eigenvalue weighted by Crippen LogP contribution is 2.19. The molecule has 1 fully saturated rings. The number of benzene rings is 1. The number of nitrogen functional groups attached to an aromatic ring is 1. The van der Waals surface area contributed by atoms with E-state index < -0.39 is 24.1 Å². The number of amides is 3. The Balaban J connectivity index is 2.19. The van der Waals surface area contributed by atoms with E-state index in [0.717, 1.165) is 0 Å². The summed E-state index contributed by atoms with van der Waals surface area (Å²) in [6.07, 6.45) is -1.08. The number of carbonyl (C=O) groups is 2. The molecule has 1 saturated heterocycles. The molecule has 6 heteroatoms. The van der Waals surface area contributed by atoms with Crippen LogP contribution in [0.3, 0.4) is 0 Å². The fourth-order valence-corrected chi connectivity index (χ4v) is 1.54. The van der Waals surface area contributed by atoms with E-state index in [-0.39, 0.29) is 0 Å². The van der Waals surface area contributed by atoms with Crippen molar-refractivity contribution < 1.29 is 14.7 Å². The molecule has 2 atom stereocenters. The number of aliphatic hydroxyl groups excluding tert-OH is 1. The quantitative estimate of drug-likeness (QED) is 0.399. The van der Waals surface area contributed by atoms with Crippen molar-refractivity contribution in [2.45, 2.75) is 12.1 Å². The molecular weight excluding hydrogens is 210 g/mol. The molecule has 5 N–H and O–H groups in total. The molecule has 84 valence electrons. The summed E-state index contributed by atoms with van der Waals surface area (Å²) in [5.41, 5.74) is 6.59. The molecule has 0 radical (unpaired) electrons. The third kappa shape index (κ3) is 1.82. The van der Waals surface area contributed by atoms with Crippen molar-refractivity contribution in [3.8, 4) is 0 Å². The molecule has 0 aromatic heterocycles. The normalized spacial score (nSPS) is 21.4. The van der Waals surface area contributed by atoms with E-state index in [2.05, 4.69) is 10.6 Å². The average Bonchev–Trinajstić information content (AvgIpc) is 2.58. The monoisotopic (exact) mass is 221 g/mol. The van der Waals surface area contributed by atoms with E-state index in [9.17, 15) is 14.7 Å². The number of urea groups is 1. The molecule has 16 heavy (non-hydrogen) atoms. The van der Waals surface area contributed by atoms with Gasteiger partial charge in [-0.1, -0.05) is 12.1 Å². The minimum Gasteiger partial charge on any atom is -0.399 e. The Morgan fingerprint density at radius 3 is 2.38 bits per heavy atom. The fraction of sp³-hybridized carbons (Fsp3) is 0.200. The Morgan fingerprint density at radius 1 is 1.25 bits per heavy atom. The van der Waals surface area contributed by atoms with Gasteiger partial charge in [0.1, 0.15) is 12.1 Å². The summed E-state index contributed by atoms with van der Waals surface area (Å²) in [6, 6.07) is 4.91. The highest BCUT2D eigenvalue weighted by molar-refractivity contribution is 6.04. The minimum absolute atomic E-state index is 0.525. The molecule has 1 aliphatic heterocycles. The van der Waals surface area contributed by atoms with Gasteiger partial charge in [0.2, 0.25) is 0 Å². The van der Waals surface area contributed by atoms with Crippen molar-refractivity contribution in [1.82, 2.24) is 10.6 Å². The molecular formula is C10H11N3O3. The van der Waals surface area contributed by atoms with Crippen LogP contribution in [-0.4, -0.2) is 23.1 Å². The molecule has 1 aromatic carbocycles. The molecule has 1 heterocycles.